The van der Waals surface area contributed by atoms with E-state index in [1.54, 1.807) is 0 Å². The number of fused-ring (bicyclic) bond motifs is 3. The van der Waals surface area contributed by atoms with Gasteiger partial charge in [-0.15, -0.1) is 24.0 Å². The van der Waals surface area contributed by atoms with E-state index < -0.39 is 0 Å². The Hall–Kier alpha value is -1.13. The number of nitrogens with one attached hydrogen (secondary N) is 1. The molecule has 4 fully saturated rings. The van der Waals surface area contributed by atoms with E-state index in [4.69, 9.17) is 4.99 Å². The van der Waals surface area contributed by atoms with E-state index in [0.717, 1.165) is 57.5 Å². The summed E-state index contributed by atoms with van der Waals surface area (Å²) < 4.78 is 13.1. The molecule has 156 valence electrons. The maximum atomic E-state index is 13.1. The summed E-state index contributed by atoms with van der Waals surface area (Å²) in [5, 5.41) is 3.47. The van der Waals surface area contributed by atoms with Gasteiger partial charge in [0, 0.05) is 77.2 Å². The van der Waals surface area contributed by atoms with Crippen molar-refractivity contribution in [1.29, 1.82) is 0 Å². The summed E-state index contributed by atoms with van der Waals surface area (Å²) in [5.41, 5.74) is 1.10. The minimum absolute atomic E-state index is 0. The van der Waals surface area contributed by atoms with Gasteiger partial charge in [0.1, 0.15) is 5.82 Å². The molecular formula is C20H32FIN6. The van der Waals surface area contributed by atoms with Crippen LogP contribution in [0, 0.1) is 5.82 Å². The van der Waals surface area contributed by atoms with Crippen molar-refractivity contribution < 1.29 is 4.39 Å². The molecule has 4 aliphatic heterocycles. The van der Waals surface area contributed by atoms with Crippen LogP contribution in [0.5, 0.6) is 0 Å². The molecule has 4 aliphatic rings. The van der Waals surface area contributed by atoms with Gasteiger partial charge in [0.25, 0.3) is 0 Å². The van der Waals surface area contributed by atoms with Crippen LogP contribution in [0.1, 0.15) is 6.92 Å². The van der Waals surface area contributed by atoms with Crippen LogP contribution in [0.15, 0.2) is 29.3 Å². The van der Waals surface area contributed by atoms with Crippen molar-refractivity contribution >= 4 is 35.6 Å². The molecule has 28 heavy (non-hydrogen) atoms. The van der Waals surface area contributed by atoms with Crippen molar-refractivity contribution in [3.8, 4) is 0 Å². The second-order valence-corrected chi connectivity index (χ2v) is 7.64. The van der Waals surface area contributed by atoms with Gasteiger partial charge < -0.3 is 15.1 Å². The Morgan fingerprint density at radius 2 is 1.71 bits per heavy atom. The first-order valence-electron chi connectivity index (χ1n) is 10.2. The van der Waals surface area contributed by atoms with Crippen LogP contribution in [0.3, 0.4) is 0 Å². The highest BCUT2D eigenvalue weighted by Gasteiger charge is 2.31. The molecule has 1 atom stereocenters. The van der Waals surface area contributed by atoms with Crippen molar-refractivity contribution in [1.82, 2.24) is 20.0 Å². The van der Waals surface area contributed by atoms with E-state index in [1.807, 2.05) is 12.1 Å². The second kappa shape index (κ2) is 10.1. The predicted molar refractivity (Wildman–Crippen MR) is 123 cm³/mol. The van der Waals surface area contributed by atoms with Crippen LogP contribution in [0.4, 0.5) is 10.1 Å². The number of aliphatic imine (C=N–C) groups is 1. The number of rotatable bonds is 4. The third-order valence-electron chi connectivity index (χ3n) is 5.95. The van der Waals surface area contributed by atoms with Crippen LogP contribution in [-0.4, -0.2) is 98.7 Å². The zero-order valence-electron chi connectivity index (χ0n) is 16.7. The lowest BCUT2D eigenvalue weighted by molar-refractivity contribution is 0.0173. The molecule has 6 nitrogen and oxygen atoms in total. The van der Waals surface area contributed by atoms with Crippen LogP contribution in [0.2, 0.25) is 0 Å². The SMILES string of the molecule is CCNC(=NCC1CN2CCN1CC2)N1CCN(c2ccc(F)cc2)CC1.I. The van der Waals surface area contributed by atoms with E-state index in [1.165, 1.54) is 38.3 Å². The second-order valence-electron chi connectivity index (χ2n) is 7.64. The fourth-order valence-electron chi connectivity index (χ4n) is 4.34. The zero-order valence-corrected chi connectivity index (χ0v) is 19.0. The summed E-state index contributed by atoms with van der Waals surface area (Å²) >= 11 is 0. The van der Waals surface area contributed by atoms with Gasteiger partial charge in [0.2, 0.25) is 0 Å². The van der Waals surface area contributed by atoms with E-state index >= 15 is 0 Å². The largest absolute Gasteiger partial charge is 0.368 e. The Balaban J connectivity index is 0.00000225. The summed E-state index contributed by atoms with van der Waals surface area (Å²) in [4.78, 5) is 14.8. The Bertz CT molecular complexity index is 639. The predicted octanol–water partition coefficient (Wildman–Crippen LogP) is 1.53. The molecule has 1 aromatic rings. The first kappa shape index (κ1) is 21.6. The summed E-state index contributed by atoms with van der Waals surface area (Å²) in [7, 11) is 0. The van der Waals surface area contributed by atoms with E-state index in [0.29, 0.717) is 6.04 Å². The molecule has 0 aromatic heterocycles. The standard InChI is InChI=1S/C20H31FN6.HI/c1-2-22-20(23-15-19-16-24-7-9-26(19)10-8-24)27-13-11-25(12-14-27)18-5-3-17(21)4-6-18;/h3-6,19H,2,7-16H2,1H3,(H,22,23);1H. The lowest BCUT2D eigenvalue weighted by Crippen LogP contribution is -2.62. The van der Waals surface area contributed by atoms with Gasteiger partial charge in [-0.1, -0.05) is 0 Å². The van der Waals surface area contributed by atoms with Crippen molar-refractivity contribution in [2.75, 3.05) is 76.9 Å². The third-order valence-corrected chi connectivity index (χ3v) is 5.95. The molecule has 0 spiro atoms. The Kier molecular flexibility index (Phi) is 7.76. The van der Waals surface area contributed by atoms with Crippen molar-refractivity contribution in [2.45, 2.75) is 13.0 Å². The number of piperazine rings is 4. The van der Waals surface area contributed by atoms with Gasteiger partial charge in [0.15, 0.2) is 5.96 Å². The van der Waals surface area contributed by atoms with Crippen LogP contribution in [-0.2, 0) is 0 Å². The Morgan fingerprint density at radius 1 is 1.04 bits per heavy atom. The molecule has 1 aromatic carbocycles. The first-order valence-corrected chi connectivity index (χ1v) is 10.2. The Morgan fingerprint density at radius 3 is 2.29 bits per heavy atom. The fourth-order valence-corrected chi connectivity index (χ4v) is 4.34. The maximum absolute atomic E-state index is 13.1. The average Bonchev–Trinajstić information content (AvgIpc) is 2.73. The van der Waals surface area contributed by atoms with E-state index in [9.17, 15) is 4.39 Å². The monoisotopic (exact) mass is 502 g/mol. The van der Waals surface area contributed by atoms with Crippen molar-refractivity contribution in [2.24, 2.45) is 4.99 Å². The minimum Gasteiger partial charge on any atom is -0.368 e. The molecule has 0 saturated carbocycles. The molecule has 0 aliphatic carbocycles. The molecule has 4 heterocycles. The van der Waals surface area contributed by atoms with E-state index in [2.05, 4.69) is 31.8 Å². The number of guanidine groups is 1. The molecule has 2 bridgehead atoms. The maximum Gasteiger partial charge on any atom is 0.194 e. The highest BCUT2D eigenvalue weighted by Crippen LogP contribution is 2.18. The normalized spacial score (nSPS) is 27.5. The summed E-state index contributed by atoms with van der Waals surface area (Å²) in [5.74, 6) is 0.858. The topological polar surface area (TPSA) is 37.4 Å². The molecule has 1 unspecified atom stereocenters. The summed E-state index contributed by atoms with van der Waals surface area (Å²) in [6, 6.07) is 7.37. The number of nitrogens with zero attached hydrogens (tertiary/aromatic N) is 5. The fraction of sp³-hybridized carbons (Fsp3) is 0.650. The summed E-state index contributed by atoms with van der Waals surface area (Å²) in [6.45, 7) is 13.6. The number of anilines is 1. The van der Waals surface area contributed by atoms with Gasteiger partial charge in [-0.05, 0) is 31.2 Å². The number of halogens is 2. The molecular weight excluding hydrogens is 470 g/mol. The highest BCUT2D eigenvalue weighted by atomic mass is 127. The average molecular weight is 502 g/mol. The number of benzene rings is 1. The molecule has 8 heteroatoms. The van der Waals surface area contributed by atoms with Gasteiger partial charge >= 0.3 is 0 Å². The molecule has 5 rings (SSSR count). The highest BCUT2D eigenvalue weighted by molar-refractivity contribution is 14.0. The van der Waals surface area contributed by atoms with Crippen LogP contribution in [0.25, 0.3) is 0 Å². The smallest absolute Gasteiger partial charge is 0.194 e. The molecule has 0 radical (unpaired) electrons. The van der Waals surface area contributed by atoms with Crippen LogP contribution >= 0.6 is 24.0 Å². The van der Waals surface area contributed by atoms with Gasteiger partial charge in [-0.25, -0.2) is 4.39 Å². The third kappa shape index (κ3) is 5.07. The van der Waals surface area contributed by atoms with E-state index in [-0.39, 0.29) is 29.8 Å². The quantitative estimate of drug-likeness (QED) is 0.384. The lowest BCUT2D eigenvalue weighted by Gasteiger charge is -2.47. The Labute approximate surface area is 184 Å². The molecule has 1 N–H and O–H groups in total. The lowest BCUT2D eigenvalue weighted by atomic mass is 10.1. The molecule has 0 amide bonds. The van der Waals surface area contributed by atoms with Gasteiger partial charge in [0.05, 0.1) is 6.54 Å². The number of hydrogen-bond acceptors (Lipinski definition) is 4. The minimum atomic E-state index is -0.178. The van der Waals surface area contributed by atoms with Gasteiger partial charge in [-0.2, -0.15) is 0 Å². The summed E-state index contributed by atoms with van der Waals surface area (Å²) in [6.07, 6.45) is 0. The van der Waals surface area contributed by atoms with Gasteiger partial charge in [-0.3, -0.25) is 14.8 Å². The van der Waals surface area contributed by atoms with Crippen molar-refractivity contribution in [3.05, 3.63) is 30.1 Å². The van der Waals surface area contributed by atoms with Crippen LogP contribution < -0.4 is 10.2 Å². The number of hydrogen-bond donors (Lipinski definition) is 1. The first-order chi connectivity index (χ1) is 13.2. The zero-order chi connectivity index (χ0) is 18.6. The van der Waals surface area contributed by atoms with Crippen molar-refractivity contribution in [3.63, 3.8) is 0 Å². The molecule has 4 saturated heterocycles.